The highest BCUT2D eigenvalue weighted by Crippen LogP contribution is 2.31. The molecule has 1 atom stereocenters. The third kappa shape index (κ3) is 2.97. The zero-order valence-electron chi connectivity index (χ0n) is 11.8. The number of hydrogen-bond acceptors (Lipinski definition) is 3. The smallest absolute Gasteiger partial charge is 0.336 e. The van der Waals surface area contributed by atoms with Crippen LogP contribution >= 0.6 is 0 Å². The second-order valence-electron chi connectivity index (χ2n) is 5.46. The average Bonchev–Trinajstić information content (AvgIpc) is 3.02. The molecule has 2 aromatic rings. The second-order valence-corrected chi connectivity index (χ2v) is 5.46. The van der Waals surface area contributed by atoms with E-state index in [1.807, 2.05) is 18.2 Å². The molecule has 5 heteroatoms. The summed E-state index contributed by atoms with van der Waals surface area (Å²) in [5.41, 5.74) is 2.38. The number of piperidine rings is 1. The van der Waals surface area contributed by atoms with E-state index >= 15 is 0 Å². The zero-order chi connectivity index (χ0) is 14.7. The normalized spacial score (nSPS) is 19.5. The summed E-state index contributed by atoms with van der Waals surface area (Å²) in [7, 11) is 0. The number of carbonyl (C=O) groups is 1. The van der Waals surface area contributed by atoms with Crippen molar-refractivity contribution in [3.8, 4) is 0 Å². The summed E-state index contributed by atoms with van der Waals surface area (Å²) >= 11 is 0. The molecule has 2 N–H and O–H groups in total. The van der Waals surface area contributed by atoms with E-state index in [4.69, 9.17) is 0 Å². The number of hydrogen-bond donors (Lipinski definition) is 2. The van der Waals surface area contributed by atoms with Gasteiger partial charge in [0.15, 0.2) is 0 Å². The van der Waals surface area contributed by atoms with Crippen LogP contribution in [0, 0.1) is 0 Å². The van der Waals surface area contributed by atoms with E-state index in [1.165, 1.54) is 6.42 Å². The highest BCUT2D eigenvalue weighted by molar-refractivity contribution is 5.89. The summed E-state index contributed by atoms with van der Waals surface area (Å²) in [6.07, 6.45) is 5.20. The molecular formula is C16H19N3O2. The third-order valence-electron chi connectivity index (χ3n) is 4.12. The number of carboxylic acids is 1. The zero-order valence-corrected chi connectivity index (χ0v) is 11.8. The molecule has 1 aliphatic heterocycles. The first-order valence-electron chi connectivity index (χ1n) is 7.30. The van der Waals surface area contributed by atoms with E-state index in [2.05, 4.69) is 15.1 Å². The lowest BCUT2D eigenvalue weighted by molar-refractivity contribution is 0.0692. The molecule has 0 spiro atoms. The largest absolute Gasteiger partial charge is 0.478 e. The molecule has 0 saturated carbocycles. The van der Waals surface area contributed by atoms with Crippen molar-refractivity contribution in [1.29, 1.82) is 0 Å². The van der Waals surface area contributed by atoms with Crippen molar-refractivity contribution in [2.45, 2.75) is 31.8 Å². The number of aromatic carboxylic acids is 1. The maximum Gasteiger partial charge on any atom is 0.336 e. The van der Waals surface area contributed by atoms with Gasteiger partial charge in [0.1, 0.15) is 0 Å². The molecule has 0 aliphatic carbocycles. The Labute approximate surface area is 123 Å². The minimum absolute atomic E-state index is 0.295. The van der Waals surface area contributed by atoms with Crippen LogP contribution in [0.3, 0.4) is 0 Å². The number of carboxylic acid groups (broad SMARTS) is 1. The Morgan fingerprint density at radius 1 is 1.33 bits per heavy atom. The molecule has 1 aliphatic rings. The van der Waals surface area contributed by atoms with Crippen molar-refractivity contribution in [3.63, 3.8) is 0 Å². The maximum absolute atomic E-state index is 11.3. The fourth-order valence-corrected chi connectivity index (χ4v) is 3.07. The summed E-state index contributed by atoms with van der Waals surface area (Å²) in [4.78, 5) is 13.7. The van der Waals surface area contributed by atoms with Gasteiger partial charge >= 0.3 is 5.97 Å². The van der Waals surface area contributed by atoms with E-state index < -0.39 is 5.97 Å². The molecule has 1 aromatic heterocycles. The summed E-state index contributed by atoms with van der Waals surface area (Å²) < 4.78 is 0. The van der Waals surface area contributed by atoms with E-state index in [0.717, 1.165) is 30.6 Å². The average molecular weight is 285 g/mol. The van der Waals surface area contributed by atoms with Crippen molar-refractivity contribution < 1.29 is 9.90 Å². The molecule has 1 fully saturated rings. The number of aromatic nitrogens is 2. The molecule has 1 saturated heterocycles. The van der Waals surface area contributed by atoms with Gasteiger partial charge in [0.2, 0.25) is 0 Å². The topological polar surface area (TPSA) is 69.2 Å². The van der Waals surface area contributed by atoms with Crippen molar-refractivity contribution in [2.75, 3.05) is 6.54 Å². The Bertz CT molecular complexity index is 610. The quantitative estimate of drug-likeness (QED) is 0.906. The lowest BCUT2D eigenvalue weighted by atomic mass is 9.97. The SMILES string of the molecule is O=C(O)c1ccccc1CN1CCCC[C@@H]1c1ccn[nH]1. The fraction of sp³-hybridized carbons (Fsp3) is 0.375. The van der Waals surface area contributed by atoms with Gasteiger partial charge < -0.3 is 5.11 Å². The summed E-state index contributed by atoms with van der Waals surface area (Å²) in [5.74, 6) is -0.860. The number of nitrogens with zero attached hydrogens (tertiary/aromatic N) is 2. The van der Waals surface area contributed by atoms with Crippen LogP contribution in [0.25, 0.3) is 0 Å². The molecule has 0 unspecified atom stereocenters. The van der Waals surface area contributed by atoms with Crippen molar-refractivity contribution in [1.82, 2.24) is 15.1 Å². The minimum atomic E-state index is -0.860. The van der Waals surface area contributed by atoms with Crippen LogP contribution < -0.4 is 0 Å². The lowest BCUT2D eigenvalue weighted by Crippen LogP contribution is -2.33. The van der Waals surface area contributed by atoms with Crippen molar-refractivity contribution in [3.05, 3.63) is 53.3 Å². The van der Waals surface area contributed by atoms with Crippen LogP contribution in [0.5, 0.6) is 0 Å². The highest BCUT2D eigenvalue weighted by Gasteiger charge is 2.26. The molecule has 5 nitrogen and oxygen atoms in total. The van der Waals surface area contributed by atoms with E-state index in [9.17, 15) is 9.90 Å². The van der Waals surface area contributed by atoms with Gasteiger partial charge in [0.25, 0.3) is 0 Å². The predicted octanol–water partition coefficient (Wildman–Crippen LogP) is 2.84. The van der Waals surface area contributed by atoms with Gasteiger partial charge in [0, 0.05) is 12.7 Å². The van der Waals surface area contributed by atoms with Gasteiger partial charge in [-0.05, 0) is 37.1 Å². The molecule has 1 aromatic carbocycles. The van der Waals surface area contributed by atoms with Gasteiger partial charge in [0.05, 0.1) is 17.3 Å². The number of benzene rings is 1. The lowest BCUT2D eigenvalue weighted by Gasteiger charge is -2.35. The monoisotopic (exact) mass is 285 g/mol. The van der Waals surface area contributed by atoms with Crippen molar-refractivity contribution in [2.24, 2.45) is 0 Å². The Balaban J connectivity index is 1.84. The van der Waals surface area contributed by atoms with Crippen LogP contribution in [-0.2, 0) is 6.54 Å². The maximum atomic E-state index is 11.3. The van der Waals surface area contributed by atoms with Crippen LogP contribution in [0.15, 0.2) is 36.5 Å². The number of likely N-dealkylation sites (tertiary alicyclic amines) is 1. The summed E-state index contributed by atoms with van der Waals surface area (Å²) in [5, 5.41) is 16.4. The Morgan fingerprint density at radius 2 is 2.19 bits per heavy atom. The van der Waals surface area contributed by atoms with Gasteiger partial charge in [-0.25, -0.2) is 4.79 Å². The molecule has 0 amide bonds. The standard InChI is InChI=1S/C16H19N3O2/c20-16(21)13-6-2-1-5-12(13)11-19-10-4-3-7-15(19)14-8-9-17-18-14/h1-2,5-6,8-9,15H,3-4,7,10-11H2,(H,17,18)(H,20,21)/t15-/m1/s1. The third-order valence-corrected chi connectivity index (χ3v) is 4.12. The van der Waals surface area contributed by atoms with Gasteiger partial charge in [-0.2, -0.15) is 5.10 Å². The number of aromatic amines is 1. The van der Waals surface area contributed by atoms with Gasteiger partial charge in [-0.3, -0.25) is 10.00 Å². The molecule has 0 bridgehead atoms. The first kappa shape index (κ1) is 13.8. The fourth-order valence-electron chi connectivity index (χ4n) is 3.07. The second kappa shape index (κ2) is 6.10. The first-order valence-corrected chi connectivity index (χ1v) is 7.30. The highest BCUT2D eigenvalue weighted by atomic mass is 16.4. The van der Waals surface area contributed by atoms with Crippen molar-refractivity contribution >= 4 is 5.97 Å². The summed E-state index contributed by atoms with van der Waals surface area (Å²) in [6.45, 7) is 1.64. The molecular weight excluding hydrogens is 266 g/mol. The van der Waals surface area contributed by atoms with E-state index in [-0.39, 0.29) is 0 Å². The molecule has 2 heterocycles. The van der Waals surface area contributed by atoms with Gasteiger partial charge in [-0.1, -0.05) is 24.6 Å². The van der Waals surface area contributed by atoms with E-state index in [1.54, 1.807) is 18.3 Å². The van der Waals surface area contributed by atoms with Gasteiger partial charge in [-0.15, -0.1) is 0 Å². The van der Waals surface area contributed by atoms with Crippen LogP contribution in [0.2, 0.25) is 0 Å². The molecule has 3 rings (SSSR count). The van der Waals surface area contributed by atoms with Crippen LogP contribution in [0.4, 0.5) is 0 Å². The van der Waals surface area contributed by atoms with Crippen LogP contribution in [-0.4, -0.2) is 32.7 Å². The predicted molar refractivity (Wildman–Crippen MR) is 79.0 cm³/mol. The number of rotatable bonds is 4. The molecule has 110 valence electrons. The number of H-pyrrole nitrogens is 1. The Hall–Kier alpha value is -2.14. The Kier molecular flexibility index (Phi) is 4.01. The molecule has 0 radical (unpaired) electrons. The molecule has 21 heavy (non-hydrogen) atoms. The minimum Gasteiger partial charge on any atom is -0.478 e. The van der Waals surface area contributed by atoms with Crippen LogP contribution in [0.1, 0.15) is 46.9 Å². The van der Waals surface area contributed by atoms with E-state index in [0.29, 0.717) is 18.2 Å². The number of nitrogens with one attached hydrogen (secondary N) is 1. The first-order chi connectivity index (χ1) is 10.3. The Morgan fingerprint density at radius 3 is 2.95 bits per heavy atom. The summed E-state index contributed by atoms with van der Waals surface area (Å²) in [6, 6.07) is 9.55.